The Balaban J connectivity index is 2.04. The molecule has 0 spiro atoms. The zero-order chi connectivity index (χ0) is 17.4. The summed E-state index contributed by atoms with van der Waals surface area (Å²) in [6.45, 7) is 2.81. The van der Waals surface area contributed by atoms with Gasteiger partial charge in [-0.2, -0.15) is 0 Å². The Morgan fingerprint density at radius 3 is 2.52 bits per heavy atom. The quantitative estimate of drug-likeness (QED) is 0.585. The van der Waals surface area contributed by atoms with E-state index in [4.69, 9.17) is 0 Å². The zero-order valence-electron chi connectivity index (χ0n) is 14.1. The number of fused-ring (bicyclic) bond motifs is 3. The normalized spacial score (nSPS) is 11.2. The Hall–Kier alpha value is -3.07. The van der Waals surface area contributed by atoms with Crippen LogP contribution < -0.4 is 0 Å². The molecule has 1 N–H and O–H groups in total. The molecule has 3 heteroatoms. The third kappa shape index (κ3) is 2.78. The number of aromatic nitrogens is 1. The maximum Gasteiger partial charge on any atom is 0.307 e. The van der Waals surface area contributed by atoms with Crippen LogP contribution in [0.3, 0.4) is 0 Å². The largest absolute Gasteiger partial charge is 0.481 e. The molecule has 0 saturated carbocycles. The van der Waals surface area contributed by atoms with Gasteiger partial charge in [0.15, 0.2) is 0 Å². The average molecular weight is 329 g/mol. The van der Waals surface area contributed by atoms with E-state index in [1.807, 2.05) is 30.3 Å². The molecule has 0 atom stereocenters. The highest BCUT2D eigenvalue weighted by Crippen LogP contribution is 2.33. The van der Waals surface area contributed by atoms with Crippen molar-refractivity contribution in [1.29, 1.82) is 0 Å². The van der Waals surface area contributed by atoms with Crippen molar-refractivity contribution in [3.8, 4) is 0 Å². The molecule has 25 heavy (non-hydrogen) atoms. The summed E-state index contributed by atoms with van der Waals surface area (Å²) in [5, 5.41) is 11.6. The molecule has 0 aliphatic rings. The van der Waals surface area contributed by atoms with E-state index < -0.39 is 5.97 Å². The highest BCUT2D eigenvalue weighted by atomic mass is 16.4. The van der Waals surface area contributed by atoms with Crippen LogP contribution in [0.15, 0.2) is 66.7 Å². The zero-order valence-corrected chi connectivity index (χ0v) is 14.1. The minimum atomic E-state index is -0.805. The van der Waals surface area contributed by atoms with Crippen molar-refractivity contribution in [2.45, 2.75) is 19.9 Å². The minimum Gasteiger partial charge on any atom is -0.481 e. The number of rotatable bonds is 4. The molecule has 4 rings (SSSR count). The van der Waals surface area contributed by atoms with Gasteiger partial charge in [0.2, 0.25) is 0 Å². The molecule has 0 amide bonds. The average Bonchev–Trinajstić information content (AvgIpc) is 2.90. The van der Waals surface area contributed by atoms with Gasteiger partial charge in [0.1, 0.15) is 0 Å². The Kier molecular flexibility index (Phi) is 3.77. The topological polar surface area (TPSA) is 42.2 Å². The molecular weight excluding hydrogens is 310 g/mol. The number of carboxylic acids is 1. The number of aliphatic carboxylic acids is 1. The minimum absolute atomic E-state index is 0.0292. The number of para-hydroxylation sites is 1. The molecule has 0 bridgehead atoms. The number of carboxylic acid groups (broad SMARTS) is 1. The Morgan fingerprint density at radius 2 is 1.76 bits per heavy atom. The van der Waals surface area contributed by atoms with Crippen LogP contribution in [0.1, 0.15) is 16.7 Å². The van der Waals surface area contributed by atoms with Crippen molar-refractivity contribution in [2.24, 2.45) is 0 Å². The van der Waals surface area contributed by atoms with E-state index in [0.717, 1.165) is 28.5 Å². The summed E-state index contributed by atoms with van der Waals surface area (Å²) >= 11 is 0. The molecular formula is C22H19NO2. The van der Waals surface area contributed by atoms with Crippen LogP contribution in [0.25, 0.3) is 21.8 Å². The number of nitrogens with zero attached hydrogens (tertiary/aromatic N) is 1. The van der Waals surface area contributed by atoms with Crippen molar-refractivity contribution >= 4 is 27.8 Å². The third-order valence-electron chi connectivity index (χ3n) is 4.65. The van der Waals surface area contributed by atoms with Crippen LogP contribution in [-0.4, -0.2) is 15.6 Å². The van der Waals surface area contributed by atoms with Crippen LogP contribution in [0.5, 0.6) is 0 Å². The fraction of sp³-hybridized carbons (Fsp3) is 0.136. The van der Waals surface area contributed by atoms with E-state index >= 15 is 0 Å². The van der Waals surface area contributed by atoms with Crippen LogP contribution >= 0.6 is 0 Å². The Labute approximate surface area is 146 Å². The van der Waals surface area contributed by atoms with Crippen molar-refractivity contribution in [3.05, 3.63) is 83.4 Å². The van der Waals surface area contributed by atoms with E-state index in [9.17, 15) is 9.90 Å². The molecule has 0 aliphatic heterocycles. The van der Waals surface area contributed by atoms with Crippen molar-refractivity contribution in [2.75, 3.05) is 0 Å². The first-order chi connectivity index (χ1) is 12.1. The van der Waals surface area contributed by atoms with E-state index in [-0.39, 0.29) is 6.42 Å². The second-order valence-electron chi connectivity index (χ2n) is 6.48. The number of benzene rings is 3. The predicted molar refractivity (Wildman–Crippen MR) is 101 cm³/mol. The van der Waals surface area contributed by atoms with E-state index in [1.54, 1.807) is 0 Å². The summed E-state index contributed by atoms with van der Waals surface area (Å²) in [6.07, 6.45) is 0.0292. The van der Waals surface area contributed by atoms with E-state index in [2.05, 4.69) is 47.9 Å². The standard InChI is InChI=1S/C22H19NO2/c1-15-10-11-20-19(12-15)18-9-5-8-17(13-21(24)25)22(18)23(20)14-16-6-3-2-4-7-16/h2-12H,13-14H2,1H3,(H,24,25). The fourth-order valence-corrected chi connectivity index (χ4v) is 3.58. The highest BCUT2D eigenvalue weighted by Gasteiger charge is 2.15. The molecule has 0 saturated heterocycles. The molecule has 0 aliphatic carbocycles. The van der Waals surface area contributed by atoms with Gasteiger partial charge in [-0.05, 0) is 30.2 Å². The maximum atomic E-state index is 11.3. The van der Waals surface area contributed by atoms with E-state index in [0.29, 0.717) is 0 Å². The van der Waals surface area contributed by atoms with E-state index in [1.165, 1.54) is 16.5 Å². The van der Waals surface area contributed by atoms with Crippen molar-refractivity contribution < 1.29 is 9.90 Å². The summed E-state index contributed by atoms with van der Waals surface area (Å²) in [5.41, 5.74) is 5.42. The first-order valence-corrected chi connectivity index (χ1v) is 8.39. The summed E-state index contributed by atoms with van der Waals surface area (Å²) in [5.74, 6) is -0.805. The lowest BCUT2D eigenvalue weighted by Gasteiger charge is -2.10. The molecule has 0 unspecified atom stereocenters. The lowest BCUT2D eigenvalue weighted by Crippen LogP contribution is -2.05. The van der Waals surface area contributed by atoms with Crippen LogP contribution in [0.4, 0.5) is 0 Å². The first kappa shape index (κ1) is 15.5. The van der Waals surface area contributed by atoms with Crippen molar-refractivity contribution in [3.63, 3.8) is 0 Å². The number of aryl methyl sites for hydroxylation is 1. The Morgan fingerprint density at radius 1 is 0.960 bits per heavy atom. The second kappa shape index (κ2) is 6.10. The smallest absolute Gasteiger partial charge is 0.307 e. The molecule has 4 aromatic rings. The molecule has 0 fully saturated rings. The van der Waals surface area contributed by atoms with Crippen LogP contribution in [-0.2, 0) is 17.8 Å². The predicted octanol–water partition coefficient (Wildman–Crippen LogP) is 4.78. The van der Waals surface area contributed by atoms with Gasteiger partial charge in [-0.25, -0.2) is 0 Å². The molecule has 3 aromatic carbocycles. The molecule has 3 nitrogen and oxygen atoms in total. The second-order valence-corrected chi connectivity index (χ2v) is 6.48. The fourth-order valence-electron chi connectivity index (χ4n) is 3.58. The number of hydrogen-bond acceptors (Lipinski definition) is 1. The van der Waals surface area contributed by atoms with Gasteiger partial charge in [0.05, 0.1) is 11.9 Å². The van der Waals surface area contributed by atoms with Gasteiger partial charge in [-0.15, -0.1) is 0 Å². The molecule has 124 valence electrons. The van der Waals surface area contributed by atoms with Gasteiger partial charge >= 0.3 is 5.97 Å². The van der Waals surface area contributed by atoms with Crippen molar-refractivity contribution in [1.82, 2.24) is 4.57 Å². The lowest BCUT2D eigenvalue weighted by molar-refractivity contribution is -0.136. The maximum absolute atomic E-state index is 11.3. The monoisotopic (exact) mass is 329 g/mol. The van der Waals surface area contributed by atoms with Gasteiger partial charge in [0, 0.05) is 22.8 Å². The summed E-state index contributed by atoms with van der Waals surface area (Å²) in [7, 11) is 0. The van der Waals surface area contributed by atoms with Crippen LogP contribution in [0, 0.1) is 6.92 Å². The lowest BCUT2D eigenvalue weighted by atomic mass is 10.1. The Bertz CT molecular complexity index is 1080. The van der Waals surface area contributed by atoms with Gasteiger partial charge in [-0.3, -0.25) is 4.79 Å². The van der Waals surface area contributed by atoms with Gasteiger partial charge in [-0.1, -0.05) is 60.2 Å². The number of carbonyl (C=O) groups is 1. The van der Waals surface area contributed by atoms with Gasteiger partial charge < -0.3 is 9.67 Å². The summed E-state index contributed by atoms with van der Waals surface area (Å²) in [6, 6.07) is 22.7. The van der Waals surface area contributed by atoms with Crippen LogP contribution in [0.2, 0.25) is 0 Å². The first-order valence-electron chi connectivity index (χ1n) is 8.39. The van der Waals surface area contributed by atoms with Gasteiger partial charge in [0.25, 0.3) is 0 Å². The third-order valence-corrected chi connectivity index (χ3v) is 4.65. The molecule has 1 aromatic heterocycles. The summed E-state index contributed by atoms with van der Waals surface area (Å²) < 4.78 is 2.25. The molecule has 1 heterocycles. The number of hydrogen-bond donors (Lipinski definition) is 1. The SMILES string of the molecule is Cc1ccc2c(c1)c1cccc(CC(=O)O)c1n2Cc1ccccc1. The summed E-state index contributed by atoms with van der Waals surface area (Å²) in [4.78, 5) is 11.3. The highest BCUT2D eigenvalue weighted by molar-refractivity contribution is 6.09. The molecule has 0 radical (unpaired) electrons.